The fraction of sp³-hybridized carbons (Fsp3) is 0.267. The van der Waals surface area contributed by atoms with Gasteiger partial charge in [0.05, 0.1) is 17.8 Å². The van der Waals surface area contributed by atoms with Crippen LogP contribution in [-0.2, 0) is 4.79 Å². The number of aliphatic carboxylic acids is 1. The summed E-state index contributed by atoms with van der Waals surface area (Å²) in [6.07, 6.45) is 1.79. The van der Waals surface area contributed by atoms with Crippen LogP contribution < -0.4 is 5.32 Å². The molecule has 1 amide bonds. The fourth-order valence-corrected chi connectivity index (χ4v) is 2.09. The van der Waals surface area contributed by atoms with Gasteiger partial charge >= 0.3 is 5.97 Å². The lowest BCUT2D eigenvalue weighted by molar-refractivity contribution is -0.137. The first-order valence-electron chi connectivity index (χ1n) is 6.65. The molecular formula is C15H17N3O3. The minimum Gasteiger partial charge on any atom is -0.481 e. The molecule has 3 N–H and O–H groups in total. The van der Waals surface area contributed by atoms with Crippen molar-refractivity contribution in [3.05, 3.63) is 53.3 Å². The Labute approximate surface area is 122 Å². The number of carbonyl (C=O) groups excluding carboxylic acids is 1. The first-order chi connectivity index (χ1) is 10.1. The molecule has 110 valence electrons. The maximum atomic E-state index is 12.2. The van der Waals surface area contributed by atoms with Crippen LogP contribution in [0.3, 0.4) is 0 Å². The summed E-state index contributed by atoms with van der Waals surface area (Å²) < 4.78 is 0. The summed E-state index contributed by atoms with van der Waals surface area (Å²) in [5.74, 6) is -1.15. The monoisotopic (exact) mass is 287 g/mol. The molecule has 1 atom stereocenters. The lowest BCUT2D eigenvalue weighted by atomic mass is 10.0. The second kappa shape index (κ2) is 6.69. The first-order valence-corrected chi connectivity index (χ1v) is 6.65. The standard InChI is InChI=1S/C15H17N3O3/c1-10-12(9-16-18-10)15(21)17-13(7-8-14(19)20)11-5-3-2-4-6-11/h2-6,9,13H,7-8H2,1H3,(H,16,18)(H,17,21)(H,19,20). The van der Waals surface area contributed by atoms with Gasteiger partial charge in [-0.3, -0.25) is 14.7 Å². The largest absolute Gasteiger partial charge is 0.481 e. The van der Waals surface area contributed by atoms with Gasteiger partial charge < -0.3 is 10.4 Å². The van der Waals surface area contributed by atoms with Crippen molar-refractivity contribution < 1.29 is 14.7 Å². The van der Waals surface area contributed by atoms with Crippen LogP contribution in [0.4, 0.5) is 0 Å². The average Bonchev–Trinajstić information content (AvgIpc) is 2.90. The van der Waals surface area contributed by atoms with Crippen molar-refractivity contribution >= 4 is 11.9 Å². The van der Waals surface area contributed by atoms with Gasteiger partial charge in [0, 0.05) is 12.1 Å². The Balaban J connectivity index is 2.14. The van der Waals surface area contributed by atoms with E-state index in [0.717, 1.165) is 5.56 Å². The van der Waals surface area contributed by atoms with Crippen LogP contribution in [0.25, 0.3) is 0 Å². The number of carboxylic acids is 1. The van der Waals surface area contributed by atoms with Gasteiger partial charge in [-0.25, -0.2) is 0 Å². The highest BCUT2D eigenvalue weighted by atomic mass is 16.4. The van der Waals surface area contributed by atoms with E-state index in [1.807, 2.05) is 30.3 Å². The number of amides is 1. The van der Waals surface area contributed by atoms with Gasteiger partial charge in [0.1, 0.15) is 0 Å². The number of aromatic nitrogens is 2. The highest BCUT2D eigenvalue weighted by Gasteiger charge is 2.18. The summed E-state index contributed by atoms with van der Waals surface area (Å²) >= 11 is 0. The van der Waals surface area contributed by atoms with Gasteiger partial charge in [0.15, 0.2) is 0 Å². The smallest absolute Gasteiger partial charge is 0.303 e. The second-order valence-electron chi connectivity index (χ2n) is 4.78. The molecule has 0 aliphatic rings. The molecule has 0 aliphatic heterocycles. The Morgan fingerprint density at radius 2 is 2.05 bits per heavy atom. The van der Waals surface area contributed by atoms with E-state index < -0.39 is 5.97 Å². The molecule has 1 heterocycles. The molecule has 0 spiro atoms. The third-order valence-corrected chi connectivity index (χ3v) is 3.23. The lowest BCUT2D eigenvalue weighted by Gasteiger charge is -2.18. The minimum atomic E-state index is -0.885. The zero-order chi connectivity index (χ0) is 15.2. The summed E-state index contributed by atoms with van der Waals surface area (Å²) in [6, 6.07) is 8.99. The van der Waals surface area contributed by atoms with Gasteiger partial charge in [0.2, 0.25) is 0 Å². The predicted molar refractivity (Wildman–Crippen MR) is 76.8 cm³/mol. The predicted octanol–water partition coefficient (Wildman–Crippen LogP) is 2.05. The van der Waals surface area contributed by atoms with E-state index in [0.29, 0.717) is 17.7 Å². The van der Waals surface area contributed by atoms with Gasteiger partial charge in [-0.15, -0.1) is 0 Å². The number of aryl methyl sites for hydroxylation is 1. The number of hydrogen-bond acceptors (Lipinski definition) is 3. The summed E-state index contributed by atoms with van der Waals surface area (Å²) in [5, 5.41) is 18.2. The van der Waals surface area contributed by atoms with Crippen molar-refractivity contribution in [1.82, 2.24) is 15.5 Å². The number of rotatable bonds is 6. The Kier molecular flexibility index (Phi) is 4.71. The Morgan fingerprint density at radius 3 is 2.62 bits per heavy atom. The van der Waals surface area contributed by atoms with Crippen molar-refractivity contribution in [3.8, 4) is 0 Å². The Bertz CT molecular complexity index is 622. The summed E-state index contributed by atoms with van der Waals surface area (Å²) in [5.41, 5.74) is 2.03. The van der Waals surface area contributed by atoms with E-state index in [1.165, 1.54) is 6.20 Å². The number of carbonyl (C=O) groups is 2. The topological polar surface area (TPSA) is 95.1 Å². The van der Waals surface area contributed by atoms with Crippen molar-refractivity contribution in [2.24, 2.45) is 0 Å². The molecule has 1 aromatic heterocycles. The Hall–Kier alpha value is -2.63. The van der Waals surface area contributed by atoms with Gasteiger partial charge in [0.25, 0.3) is 5.91 Å². The molecule has 1 aromatic carbocycles. The maximum absolute atomic E-state index is 12.2. The van der Waals surface area contributed by atoms with E-state index in [1.54, 1.807) is 6.92 Å². The third kappa shape index (κ3) is 3.92. The third-order valence-electron chi connectivity index (χ3n) is 3.23. The maximum Gasteiger partial charge on any atom is 0.303 e. The minimum absolute atomic E-state index is 0.00971. The van der Waals surface area contributed by atoms with Gasteiger partial charge in [-0.05, 0) is 18.9 Å². The number of nitrogens with one attached hydrogen (secondary N) is 2. The molecule has 6 heteroatoms. The molecule has 6 nitrogen and oxygen atoms in total. The van der Waals surface area contributed by atoms with Crippen molar-refractivity contribution in [2.45, 2.75) is 25.8 Å². The Morgan fingerprint density at radius 1 is 1.33 bits per heavy atom. The van der Waals surface area contributed by atoms with E-state index >= 15 is 0 Å². The van der Waals surface area contributed by atoms with Crippen LogP contribution in [0.15, 0.2) is 36.5 Å². The van der Waals surface area contributed by atoms with Gasteiger partial charge in [-0.2, -0.15) is 5.10 Å². The van der Waals surface area contributed by atoms with Crippen LogP contribution in [0.5, 0.6) is 0 Å². The zero-order valence-electron chi connectivity index (χ0n) is 11.7. The number of hydrogen-bond donors (Lipinski definition) is 3. The van der Waals surface area contributed by atoms with Crippen molar-refractivity contribution in [3.63, 3.8) is 0 Å². The molecule has 0 saturated heterocycles. The molecule has 2 rings (SSSR count). The highest BCUT2D eigenvalue weighted by molar-refractivity contribution is 5.95. The summed E-state index contributed by atoms with van der Waals surface area (Å²) in [4.78, 5) is 23.0. The molecule has 1 unspecified atom stereocenters. The average molecular weight is 287 g/mol. The molecular weight excluding hydrogens is 270 g/mol. The molecule has 0 radical (unpaired) electrons. The number of benzene rings is 1. The van der Waals surface area contributed by atoms with Crippen LogP contribution in [-0.4, -0.2) is 27.2 Å². The normalized spacial score (nSPS) is 11.9. The van der Waals surface area contributed by atoms with Crippen LogP contribution >= 0.6 is 0 Å². The second-order valence-corrected chi connectivity index (χ2v) is 4.78. The van der Waals surface area contributed by atoms with Crippen molar-refractivity contribution in [1.29, 1.82) is 0 Å². The van der Waals surface area contributed by atoms with E-state index in [2.05, 4.69) is 15.5 Å². The van der Waals surface area contributed by atoms with E-state index in [4.69, 9.17) is 5.11 Å². The summed E-state index contributed by atoms with van der Waals surface area (Å²) in [7, 11) is 0. The molecule has 0 aliphatic carbocycles. The van der Waals surface area contributed by atoms with E-state index in [-0.39, 0.29) is 18.4 Å². The molecule has 21 heavy (non-hydrogen) atoms. The quantitative estimate of drug-likeness (QED) is 0.757. The number of nitrogens with zero attached hydrogens (tertiary/aromatic N) is 1. The van der Waals surface area contributed by atoms with Crippen molar-refractivity contribution in [2.75, 3.05) is 0 Å². The zero-order valence-corrected chi connectivity index (χ0v) is 11.7. The van der Waals surface area contributed by atoms with Gasteiger partial charge in [-0.1, -0.05) is 30.3 Å². The van der Waals surface area contributed by atoms with Crippen LogP contribution in [0.2, 0.25) is 0 Å². The fourth-order valence-electron chi connectivity index (χ4n) is 2.09. The molecule has 0 bridgehead atoms. The molecule has 0 saturated carbocycles. The first kappa shape index (κ1) is 14.8. The van der Waals surface area contributed by atoms with E-state index in [9.17, 15) is 9.59 Å². The molecule has 0 fully saturated rings. The summed E-state index contributed by atoms with van der Waals surface area (Å²) in [6.45, 7) is 1.76. The lowest BCUT2D eigenvalue weighted by Crippen LogP contribution is -2.29. The number of aromatic amines is 1. The number of carboxylic acid groups (broad SMARTS) is 1. The SMILES string of the molecule is Cc1[nH]ncc1C(=O)NC(CCC(=O)O)c1ccccc1. The molecule has 2 aromatic rings. The highest BCUT2D eigenvalue weighted by Crippen LogP contribution is 2.19. The number of H-pyrrole nitrogens is 1. The van der Waals surface area contributed by atoms with Crippen LogP contribution in [0.1, 0.15) is 40.5 Å². The van der Waals surface area contributed by atoms with Crippen LogP contribution in [0, 0.1) is 6.92 Å².